The van der Waals surface area contributed by atoms with Gasteiger partial charge in [0.05, 0.1) is 19.8 Å². The van der Waals surface area contributed by atoms with Crippen molar-refractivity contribution in [3.05, 3.63) is 40.6 Å². The van der Waals surface area contributed by atoms with Gasteiger partial charge in [0.15, 0.2) is 41.1 Å². The molecule has 1 aromatic carbocycles. The summed E-state index contributed by atoms with van der Waals surface area (Å²) >= 11 is 0. The molecule has 24 heteroatoms. The van der Waals surface area contributed by atoms with Crippen molar-refractivity contribution in [2.24, 2.45) is 0 Å². The molecule has 10 N–H and O–H groups in total. The molecule has 1 aliphatic carbocycles. The molecule has 0 amide bonds. The van der Waals surface area contributed by atoms with Crippen LogP contribution in [0.5, 0.6) is 28.7 Å². The first kappa shape index (κ1) is 42.4. The van der Waals surface area contributed by atoms with Crippen LogP contribution in [0.15, 0.2) is 39.5 Å². The van der Waals surface area contributed by atoms with Crippen LogP contribution in [-0.4, -0.2) is 151 Å². The van der Waals surface area contributed by atoms with Gasteiger partial charge in [-0.15, -0.1) is 4.18 Å². The third-order valence-corrected chi connectivity index (χ3v) is 8.93. The van der Waals surface area contributed by atoms with Crippen molar-refractivity contribution in [3.8, 4) is 51.4 Å². The van der Waals surface area contributed by atoms with Crippen LogP contribution in [0.1, 0.15) is 6.42 Å². The number of carboxylic acids is 1. The largest absolute Gasteiger partial charge is 0.556 e. The van der Waals surface area contributed by atoms with E-state index in [1.807, 2.05) is 0 Å². The smallest absolute Gasteiger partial charge is 0.334 e. The fourth-order valence-corrected chi connectivity index (χ4v) is 6.22. The van der Waals surface area contributed by atoms with E-state index in [2.05, 4.69) is 4.18 Å². The molecule has 3 aliphatic heterocycles. The van der Waals surface area contributed by atoms with Crippen molar-refractivity contribution >= 4 is 22.7 Å². The Kier molecular flexibility index (Phi) is 13.0. The standard InChI is InChI=1S/C32H36O23S/c1-47-16-3-11(4-17(48-2)23(16)38)29-18(52-31-28(43)26(41)24(39)19(9-33)53-31)7-13-14(50-29)5-12(34)6-15(13)51-32-30(55-56(44,45)46)27(42)25(40)20(54-32)10-49-22(37)8-21(35)36/h3-7,19-20,24-28,30-33,39-43H,8-10H2,1-2H3,(H3-,34,35,36,38,44,45,46)/p+1/t19-,20-,24-,25-,26+,27+,28-,30-,31-,32-/m1/s1. The number of aromatic hydroxyl groups is 1. The lowest BCUT2D eigenvalue weighted by Gasteiger charge is -2.40. The van der Waals surface area contributed by atoms with E-state index in [-0.39, 0.29) is 39.9 Å². The summed E-state index contributed by atoms with van der Waals surface area (Å²) < 4.78 is 81.7. The highest BCUT2D eigenvalue weighted by atomic mass is 32.3. The molecule has 2 saturated heterocycles. The SMILES string of the molecule is COc1cc(-c2oc3cc(=O)cc(O[C@@H]4O[C@H](COC(=O)CC(=O)O)[C@@H](O)[C@H](O)[C@H]4O[S+](=O)([O-])O)c-3cc2O[C@@H]2O[C@H](C[OH2+])[C@@H](O)[C@H](O)[C@H]2O)cc(OC)c1O. The molecule has 56 heavy (non-hydrogen) atoms. The van der Waals surface area contributed by atoms with E-state index in [0.717, 1.165) is 18.2 Å². The van der Waals surface area contributed by atoms with E-state index >= 15 is 0 Å². The molecule has 1 unspecified atom stereocenters. The number of methoxy groups -OCH3 is 2. The first-order valence-electron chi connectivity index (χ1n) is 16.1. The van der Waals surface area contributed by atoms with Gasteiger partial charge in [-0.05, 0) is 22.4 Å². The van der Waals surface area contributed by atoms with E-state index in [4.69, 9.17) is 47.8 Å². The number of carboxylic acid groups (broad SMARTS) is 1. The van der Waals surface area contributed by atoms with Crippen LogP contribution < -0.4 is 24.4 Å². The predicted molar refractivity (Wildman–Crippen MR) is 178 cm³/mol. The van der Waals surface area contributed by atoms with Crippen molar-refractivity contribution in [2.75, 3.05) is 27.4 Å². The molecule has 0 saturated carbocycles. The van der Waals surface area contributed by atoms with Crippen molar-refractivity contribution in [2.45, 2.75) is 67.8 Å². The average molecular weight is 822 g/mol. The van der Waals surface area contributed by atoms with E-state index in [1.165, 1.54) is 26.4 Å². The molecule has 2 fully saturated rings. The lowest BCUT2D eigenvalue weighted by Crippen LogP contribution is -2.61. The summed E-state index contributed by atoms with van der Waals surface area (Å²) in [7, 11) is -2.96. The molecule has 3 heterocycles. The maximum atomic E-state index is 13.0. The van der Waals surface area contributed by atoms with Crippen molar-refractivity contribution in [3.63, 3.8) is 0 Å². The number of phenols is 1. The Balaban J connectivity index is 1.63. The van der Waals surface area contributed by atoms with E-state index in [0.29, 0.717) is 0 Å². The minimum absolute atomic E-state index is 0.0460. The van der Waals surface area contributed by atoms with Crippen LogP contribution in [0.3, 0.4) is 0 Å². The lowest BCUT2D eigenvalue weighted by atomic mass is 9.99. The van der Waals surface area contributed by atoms with Gasteiger partial charge < -0.3 is 83.0 Å². The van der Waals surface area contributed by atoms with Gasteiger partial charge in [-0.1, -0.05) is 0 Å². The summed E-state index contributed by atoms with van der Waals surface area (Å²) in [5.74, 6) is -4.99. The Morgan fingerprint density at radius 2 is 1.45 bits per heavy atom. The second kappa shape index (κ2) is 17.2. The first-order chi connectivity index (χ1) is 26.3. The number of benzene rings is 2. The Hall–Kier alpha value is -4.70. The minimum atomic E-state index is -5.42. The first-order valence-corrected chi connectivity index (χ1v) is 17.5. The number of aliphatic carboxylic acids is 1. The zero-order valence-electron chi connectivity index (χ0n) is 29.0. The normalized spacial score (nSPS) is 28.9. The fourth-order valence-electron chi connectivity index (χ4n) is 5.73. The fraction of sp³-hybridized carbons (Fsp3) is 0.469. The Bertz CT molecular complexity index is 1930. The molecular formula is C32H37O23S+. The number of hydrogen-bond acceptors (Lipinski definition) is 20. The topological polar surface area (TPSA) is 363 Å². The molecular weight excluding hydrogens is 784 g/mol. The molecule has 11 atom stereocenters. The van der Waals surface area contributed by atoms with Crippen molar-refractivity contribution in [1.29, 1.82) is 0 Å². The van der Waals surface area contributed by atoms with E-state index in [9.17, 15) is 58.3 Å². The zero-order chi connectivity index (χ0) is 41.2. The molecule has 308 valence electrons. The number of carbonyl (C=O) groups excluding carboxylic acids is 1. The summed E-state index contributed by atoms with van der Waals surface area (Å²) in [6.45, 7) is -1.49. The highest BCUT2D eigenvalue weighted by molar-refractivity contribution is 7.87. The van der Waals surface area contributed by atoms with E-state index < -0.39 is 121 Å². The number of hydrogen-bond donors (Lipinski definition) is 8. The Morgan fingerprint density at radius 1 is 0.839 bits per heavy atom. The summed E-state index contributed by atoms with van der Waals surface area (Å²) in [6.07, 6.45) is -20.3. The number of aliphatic hydroxyl groups is 5. The molecule has 0 aromatic heterocycles. The Labute approximate surface area is 315 Å². The van der Waals surface area contributed by atoms with Gasteiger partial charge in [0, 0.05) is 17.7 Å². The van der Waals surface area contributed by atoms with Crippen LogP contribution in [0.4, 0.5) is 0 Å². The predicted octanol–water partition coefficient (Wildman–Crippen LogP) is -2.71. The van der Waals surface area contributed by atoms with Crippen LogP contribution in [0.25, 0.3) is 22.6 Å². The van der Waals surface area contributed by atoms with Crippen molar-refractivity contribution < 1.29 is 106 Å². The minimum Gasteiger partial charge on any atom is -0.556 e. The molecule has 0 radical (unpaired) electrons. The summed E-state index contributed by atoms with van der Waals surface area (Å²) in [5, 5.41) is 80.1. The molecule has 4 aliphatic rings. The van der Waals surface area contributed by atoms with Gasteiger partial charge in [-0.3, -0.25) is 14.4 Å². The van der Waals surface area contributed by atoms with Crippen LogP contribution in [-0.2, 0) is 43.0 Å². The lowest BCUT2D eigenvalue weighted by molar-refractivity contribution is -0.277. The number of fused-ring (bicyclic) bond motifs is 1. The number of phenolic OH excluding ortho intramolecular Hbond substituents is 1. The quantitative estimate of drug-likeness (QED) is 0.0465. The highest BCUT2D eigenvalue weighted by Crippen LogP contribution is 2.47. The van der Waals surface area contributed by atoms with Crippen LogP contribution >= 0.6 is 0 Å². The molecule has 0 bridgehead atoms. The number of aliphatic hydroxyl groups excluding tert-OH is 5. The number of rotatable bonds is 14. The summed E-state index contributed by atoms with van der Waals surface area (Å²) in [5.41, 5.74) is -0.978. The number of carbonyl (C=O) groups is 2. The second-order valence-electron chi connectivity index (χ2n) is 12.2. The molecule has 1 aromatic rings. The Morgan fingerprint density at radius 3 is 2.04 bits per heavy atom. The van der Waals surface area contributed by atoms with Crippen LogP contribution in [0, 0.1) is 0 Å². The van der Waals surface area contributed by atoms with Gasteiger partial charge in [-0.2, -0.15) is 4.55 Å². The monoisotopic (exact) mass is 821 g/mol. The number of ether oxygens (including phenoxy) is 7. The maximum Gasteiger partial charge on any atom is 0.334 e. The summed E-state index contributed by atoms with van der Waals surface area (Å²) in [4.78, 5) is 35.7. The van der Waals surface area contributed by atoms with Crippen LogP contribution in [0.2, 0.25) is 0 Å². The van der Waals surface area contributed by atoms with Gasteiger partial charge in [-0.25, -0.2) is 0 Å². The average Bonchev–Trinajstić information content (AvgIpc) is 3.13. The van der Waals surface area contributed by atoms with Crippen molar-refractivity contribution in [1.82, 2.24) is 0 Å². The highest BCUT2D eigenvalue weighted by Gasteiger charge is 2.51. The van der Waals surface area contributed by atoms with Gasteiger partial charge in [0.25, 0.3) is 0 Å². The molecule has 5 rings (SSSR count). The third kappa shape index (κ3) is 9.28. The number of esters is 1. The second-order valence-corrected chi connectivity index (χ2v) is 13.3. The van der Waals surface area contributed by atoms with Gasteiger partial charge >= 0.3 is 22.7 Å². The van der Waals surface area contributed by atoms with Gasteiger partial charge in [0.2, 0.25) is 24.4 Å². The summed E-state index contributed by atoms with van der Waals surface area (Å²) in [6, 6.07) is 5.45. The molecule has 0 spiro atoms. The van der Waals surface area contributed by atoms with E-state index in [1.54, 1.807) is 0 Å². The molecule has 23 nitrogen and oxygen atoms in total. The zero-order valence-corrected chi connectivity index (χ0v) is 29.8. The van der Waals surface area contributed by atoms with Gasteiger partial charge in [0.1, 0.15) is 61.2 Å². The maximum absolute atomic E-state index is 13.0. The third-order valence-electron chi connectivity index (χ3n) is 8.47.